The lowest BCUT2D eigenvalue weighted by Crippen LogP contribution is -2.43. The molecule has 0 bridgehead atoms. The van der Waals surface area contributed by atoms with E-state index in [-0.39, 0.29) is 18.6 Å². The molecule has 1 saturated heterocycles. The predicted molar refractivity (Wildman–Crippen MR) is 79.2 cm³/mol. The first-order valence-corrected chi connectivity index (χ1v) is 7.79. The Balaban J connectivity index is 1.75. The van der Waals surface area contributed by atoms with Crippen LogP contribution in [0.5, 0.6) is 0 Å². The zero-order chi connectivity index (χ0) is 16.8. The predicted octanol–water partition coefficient (Wildman–Crippen LogP) is 1.77. The SMILES string of the molecule is CC(C)c1nc(CN2CCOC(CCNC(=O)C(F)F)C2)co1. The fraction of sp³-hybridized carbons (Fsp3) is 0.733. The Kier molecular flexibility index (Phi) is 6.47. The largest absolute Gasteiger partial charge is 0.448 e. The maximum atomic E-state index is 12.1. The highest BCUT2D eigenvalue weighted by Crippen LogP contribution is 2.16. The van der Waals surface area contributed by atoms with Gasteiger partial charge >= 0.3 is 6.43 Å². The topological polar surface area (TPSA) is 67.6 Å². The number of hydrogen-bond acceptors (Lipinski definition) is 5. The van der Waals surface area contributed by atoms with Gasteiger partial charge in [-0.2, -0.15) is 8.78 Å². The van der Waals surface area contributed by atoms with Crippen molar-refractivity contribution in [1.82, 2.24) is 15.2 Å². The second kappa shape index (κ2) is 8.35. The van der Waals surface area contributed by atoms with Crippen LogP contribution in [0.3, 0.4) is 0 Å². The van der Waals surface area contributed by atoms with Crippen molar-refractivity contribution in [1.29, 1.82) is 0 Å². The lowest BCUT2D eigenvalue weighted by atomic mass is 10.2. The summed E-state index contributed by atoms with van der Waals surface area (Å²) in [4.78, 5) is 17.4. The van der Waals surface area contributed by atoms with Gasteiger partial charge in [0.2, 0.25) is 0 Å². The Morgan fingerprint density at radius 1 is 1.52 bits per heavy atom. The van der Waals surface area contributed by atoms with Crippen molar-refractivity contribution < 1.29 is 22.7 Å². The van der Waals surface area contributed by atoms with E-state index in [9.17, 15) is 13.6 Å². The molecule has 1 aliphatic heterocycles. The van der Waals surface area contributed by atoms with Crippen molar-refractivity contribution in [3.63, 3.8) is 0 Å². The molecule has 8 heteroatoms. The average Bonchev–Trinajstić information content (AvgIpc) is 2.96. The van der Waals surface area contributed by atoms with E-state index < -0.39 is 12.3 Å². The second-order valence-corrected chi connectivity index (χ2v) is 5.94. The summed E-state index contributed by atoms with van der Waals surface area (Å²) >= 11 is 0. The number of aromatic nitrogens is 1. The van der Waals surface area contributed by atoms with E-state index in [1.165, 1.54) is 0 Å². The third kappa shape index (κ3) is 5.54. The molecular formula is C15H23F2N3O3. The first-order valence-electron chi connectivity index (χ1n) is 7.79. The summed E-state index contributed by atoms with van der Waals surface area (Å²) in [6.07, 6.45) is -0.882. The molecule has 1 aliphatic rings. The zero-order valence-electron chi connectivity index (χ0n) is 13.4. The van der Waals surface area contributed by atoms with Crippen LogP contribution in [-0.4, -0.2) is 54.6 Å². The quantitative estimate of drug-likeness (QED) is 0.825. The monoisotopic (exact) mass is 331 g/mol. The number of alkyl halides is 2. The Bertz CT molecular complexity index is 508. The summed E-state index contributed by atoms with van der Waals surface area (Å²) < 4.78 is 35.2. The van der Waals surface area contributed by atoms with Gasteiger partial charge in [0, 0.05) is 32.1 Å². The van der Waals surface area contributed by atoms with Gasteiger partial charge in [-0.15, -0.1) is 0 Å². The van der Waals surface area contributed by atoms with Crippen molar-refractivity contribution >= 4 is 5.91 Å². The van der Waals surface area contributed by atoms with Crippen molar-refractivity contribution in [2.75, 3.05) is 26.2 Å². The molecule has 1 aromatic heterocycles. The number of carbonyl (C=O) groups excluding carboxylic acids is 1. The molecule has 1 N–H and O–H groups in total. The number of amides is 1. The van der Waals surface area contributed by atoms with Crippen LogP contribution in [0.1, 0.15) is 37.8 Å². The zero-order valence-corrected chi connectivity index (χ0v) is 13.4. The molecule has 2 rings (SSSR count). The number of ether oxygens (including phenoxy) is 1. The highest BCUT2D eigenvalue weighted by molar-refractivity contribution is 5.78. The molecule has 2 heterocycles. The van der Waals surface area contributed by atoms with Gasteiger partial charge in [0.15, 0.2) is 5.89 Å². The van der Waals surface area contributed by atoms with Crippen LogP contribution in [0.25, 0.3) is 0 Å². The van der Waals surface area contributed by atoms with Crippen LogP contribution in [0.15, 0.2) is 10.7 Å². The fourth-order valence-electron chi connectivity index (χ4n) is 2.42. The standard InChI is InChI=1S/C15H23F2N3O3/c1-10(2)15-19-11(9-23-15)7-20-5-6-22-12(8-20)3-4-18-14(21)13(16)17/h9-10,12-13H,3-8H2,1-2H3,(H,18,21). The van der Waals surface area contributed by atoms with Crippen LogP contribution < -0.4 is 5.32 Å². The molecular weight excluding hydrogens is 308 g/mol. The number of halogens is 2. The molecule has 1 unspecified atom stereocenters. The van der Waals surface area contributed by atoms with E-state index in [1.807, 2.05) is 13.8 Å². The molecule has 23 heavy (non-hydrogen) atoms. The number of morpholine rings is 1. The number of carbonyl (C=O) groups is 1. The van der Waals surface area contributed by atoms with Crippen molar-refractivity contribution in [3.8, 4) is 0 Å². The number of oxazole rings is 1. The van der Waals surface area contributed by atoms with Crippen LogP contribution in [0.4, 0.5) is 8.78 Å². The van der Waals surface area contributed by atoms with E-state index in [0.717, 1.165) is 18.1 Å². The van der Waals surface area contributed by atoms with Crippen LogP contribution in [0.2, 0.25) is 0 Å². The van der Waals surface area contributed by atoms with Crippen molar-refractivity contribution in [3.05, 3.63) is 17.8 Å². The molecule has 0 spiro atoms. The van der Waals surface area contributed by atoms with Gasteiger partial charge in [-0.25, -0.2) is 4.98 Å². The number of nitrogens with zero attached hydrogens (tertiary/aromatic N) is 2. The van der Waals surface area contributed by atoms with E-state index >= 15 is 0 Å². The molecule has 1 amide bonds. The molecule has 0 aromatic carbocycles. The molecule has 0 aliphatic carbocycles. The average molecular weight is 331 g/mol. The minimum Gasteiger partial charge on any atom is -0.448 e. The van der Waals surface area contributed by atoms with E-state index in [0.29, 0.717) is 26.1 Å². The first-order chi connectivity index (χ1) is 11.0. The highest BCUT2D eigenvalue weighted by atomic mass is 19.3. The highest BCUT2D eigenvalue weighted by Gasteiger charge is 2.22. The molecule has 0 radical (unpaired) electrons. The molecule has 6 nitrogen and oxygen atoms in total. The van der Waals surface area contributed by atoms with Crippen LogP contribution in [-0.2, 0) is 16.1 Å². The summed E-state index contributed by atoms with van der Waals surface area (Å²) in [6, 6.07) is 0. The summed E-state index contributed by atoms with van der Waals surface area (Å²) in [5.41, 5.74) is 0.875. The maximum Gasteiger partial charge on any atom is 0.315 e. The van der Waals surface area contributed by atoms with Gasteiger partial charge < -0.3 is 14.5 Å². The molecule has 0 saturated carbocycles. The summed E-state index contributed by atoms with van der Waals surface area (Å²) in [5.74, 6) is -0.263. The Morgan fingerprint density at radius 3 is 2.96 bits per heavy atom. The van der Waals surface area contributed by atoms with Gasteiger partial charge in [-0.3, -0.25) is 9.69 Å². The number of nitrogens with one attached hydrogen (secondary N) is 1. The molecule has 130 valence electrons. The lowest BCUT2D eigenvalue weighted by Gasteiger charge is -2.32. The Hall–Kier alpha value is -1.54. The van der Waals surface area contributed by atoms with Gasteiger partial charge in [-0.1, -0.05) is 13.8 Å². The van der Waals surface area contributed by atoms with Gasteiger partial charge in [0.05, 0.1) is 18.4 Å². The number of hydrogen-bond donors (Lipinski definition) is 1. The maximum absolute atomic E-state index is 12.1. The van der Waals surface area contributed by atoms with E-state index in [2.05, 4.69) is 15.2 Å². The normalized spacial score (nSPS) is 19.5. The van der Waals surface area contributed by atoms with E-state index in [4.69, 9.17) is 9.15 Å². The molecule has 1 aromatic rings. The third-order valence-corrected chi connectivity index (χ3v) is 3.64. The third-order valence-electron chi connectivity index (χ3n) is 3.64. The second-order valence-electron chi connectivity index (χ2n) is 5.94. The summed E-state index contributed by atoms with van der Waals surface area (Å²) in [6.45, 7) is 6.92. The Labute approximate surface area is 134 Å². The summed E-state index contributed by atoms with van der Waals surface area (Å²) in [5, 5.41) is 2.19. The Morgan fingerprint density at radius 2 is 2.30 bits per heavy atom. The van der Waals surface area contributed by atoms with E-state index in [1.54, 1.807) is 6.26 Å². The van der Waals surface area contributed by atoms with Crippen LogP contribution in [0, 0.1) is 0 Å². The first kappa shape index (κ1) is 17.8. The van der Waals surface area contributed by atoms with Gasteiger partial charge in [0.1, 0.15) is 6.26 Å². The molecule has 1 atom stereocenters. The smallest absolute Gasteiger partial charge is 0.315 e. The summed E-state index contributed by atoms with van der Waals surface area (Å²) in [7, 11) is 0. The van der Waals surface area contributed by atoms with Crippen molar-refractivity contribution in [2.24, 2.45) is 0 Å². The van der Waals surface area contributed by atoms with Crippen LogP contribution >= 0.6 is 0 Å². The van der Waals surface area contributed by atoms with Gasteiger partial charge in [-0.05, 0) is 6.42 Å². The molecule has 1 fully saturated rings. The minimum absolute atomic E-state index is 0.0850. The van der Waals surface area contributed by atoms with Crippen molar-refractivity contribution in [2.45, 2.75) is 45.3 Å². The minimum atomic E-state index is -2.97. The fourth-order valence-corrected chi connectivity index (χ4v) is 2.42. The number of rotatable bonds is 7. The lowest BCUT2D eigenvalue weighted by molar-refractivity contribution is -0.131. The van der Waals surface area contributed by atoms with Gasteiger partial charge in [0.25, 0.3) is 5.91 Å².